The topological polar surface area (TPSA) is 37.5 Å². The molecule has 0 spiro atoms. The van der Waals surface area contributed by atoms with Gasteiger partial charge in [-0.2, -0.15) is 0 Å². The fraction of sp³-hybridized carbons (Fsp3) is 0.350. The molecular formula is C20H20Cl2N2O. The molecule has 2 aromatic heterocycles. The summed E-state index contributed by atoms with van der Waals surface area (Å²) < 4.78 is 1.88. The van der Waals surface area contributed by atoms with Gasteiger partial charge in [-0.3, -0.25) is 0 Å². The third kappa shape index (κ3) is 3.41. The average molecular weight is 375 g/mol. The highest BCUT2D eigenvalue weighted by atomic mass is 35.5. The maximum absolute atomic E-state index is 11.0. The smallest absolute Gasteiger partial charge is 0.0992 e. The molecule has 25 heavy (non-hydrogen) atoms. The fourth-order valence-electron chi connectivity index (χ4n) is 4.02. The van der Waals surface area contributed by atoms with Crippen LogP contribution in [0.1, 0.15) is 48.8 Å². The van der Waals surface area contributed by atoms with Crippen molar-refractivity contribution in [2.45, 2.75) is 37.7 Å². The number of aliphatic hydroxyl groups is 1. The minimum absolute atomic E-state index is 0.251. The minimum atomic E-state index is -0.510. The van der Waals surface area contributed by atoms with E-state index in [9.17, 15) is 5.11 Å². The summed E-state index contributed by atoms with van der Waals surface area (Å²) in [4.78, 5) is 4.17. The zero-order chi connectivity index (χ0) is 17.4. The van der Waals surface area contributed by atoms with E-state index in [1.54, 1.807) is 12.5 Å². The Morgan fingerprint density at radius 2 is 1.76 bits per heavy atom. The minimum Gasteiger partial charge on any atom is -0.388 e. The monoisotopic (exact) mass is 374 g/mol. The van der Waals surface area contributed by atoms with Gasteiger partial charge in [0.1, 0.15) is 0 Å². The molecule has 4 rings (SSSR count). The maximum Gasteiger partial charge on any atom is 0.0992 e. The van der Waals surface area contributed by atoms with Crippen LogP contribution in [0.15, 0.2) is 49.1 Å². The second kappa shape index (κ2) is 6.99. The molecular weight excluding hydrogens is 355 g/mol. The molecule has 1 aliphatic rings. The zero-order valence-electron chi connectivity index (χ0n) is 13.8. The van der Waals surface area contributed by atoms with E-state index in [1.165, 1.54) is 5.56 Å². The highest BCUT2D eigenvalue weighted by Crippen LogP contribution is 2.42. The van der Waals surface area contributed by atoms with Crippen molar-refractivity contribution in [3.8, 4) is 0 Å². The van der Waals surface area contributed by atoms with Gasteiger partial charge in [-0.1, -0.05) is 35.3 Å². The van der Waals surface area contributed by atoms with Gasteiger partial charge >= 0.3 is 0 Å². The molecule has 1 atom stereocenters. The van der Waals surface area contributed by atoms with Gasteiger partial charge < -0.3 is 9.51 Å². The van der Waals surface area contributed by atoms with Crippen molar-refractivity contribution < 1.29 is 5.11 Å². The second-order valence-electron chi connectivity index (χ2n) is 6.91. The SMILES string of the molecule is OC(c1cc(Cl)cn2cncc12)C1CCC(c2ccc(Cl)cc2)CC1. The fourth-order valence-corrected chi connectivity index (χ4v) is 4.37. The van der Waals surface area contributed by atoms with Crippen molar-refractivity contribution in [3.05, 3.63) is 70.2 Å². The summed E-state index contributed by atoms with van der Waals surface area (Å²) in [5, 5.41) is 12.4. The van der Waals surface area contributed by atoms with Gasteiger partial charge in [-0.15, -0.1) is 0 Å². The average Bonchev–Trinajstić information content (AvgIpc) is 3.09. The Morgan fingerprint density at radius 3 is 2.48 bits per heavy atom. The number of halogens is 2. The van der Waals surface area contributed by atoms with Crippen LogP contribution in [0.25, 0.3) is 5.52 Å². The van der Waals surface area contributed by atoms with E-state index in [4.69, 9.17) is 23.2 Å². The van der Waals surface area contributed by atoms with Crippen molar-refractivity contribution in [2.75, 3.05) is 0 Å². The first kappa shape index (κ1) is 16.9. The number of aromatic nitrogens is 2. The van der Waals surface area contributed by atoms with Crippen molar-refractivity contribution in [1.82, 2.24) is 9.38 Å². The Labute approximate surface area is 157 Å². The van der Waals surface area contributed by atoms with Crippen LogP contribution in [0.2, 0.25) is 10.0 Å². The Balaban J connectivity index is 1.50. The lowest BCUT2D eigenvalue weighted by Crippen LogP contribution is -2.20. The first-order chi connectivity index (χ1) is 12.1. The van der Waals surface area contributed by atoms with Crippen LogP contribution in [0.3, 0.4) is 0 Å². The number of fused-ring (bicyclic) bond motifs is 1. The first-order valence-corrected chi connectivity index (χ1v) is 9.42. The predicted octanol–water partition coefficient (Wildman–Crippen LogP) is 5.65. The van der Waals surface area contributed by atoms with Crippen molar-refractivity contribution in [1.29, 1.82) is 0 Å². The third-order valence-corrected chi connectivity index (χ3v) is 5.85. The Morgan fingerprint density at radius 1 is 1.04 bits per heavy atom. The van der Waals surface area contributed by atoms with E-state index in [1.807, 2.05) is 28.8 Å². The lowest BCUT2D eigenvalue weighted by atomic mass is 9.75. The molecule has 1 aromatic carbocycles. The Bertz CT molecular complexity index is 867. The molecule has 5 heteroatoms. The number of rotatable bonds is 3. The van der Waals surface area contributed by atoms with Gasteiger partial charge in [0.25, 0.3) is 0 Å². The normalized spacial score (nSPS) is 22.2. The van der Waals surface area contributed by atoms with Crippen LogP contribution in [0.5, 0.6) is 0 Å². The molecule has 0 bridgehead atoms. The van der Waals surface area contributed by atoms with Crippen LogP contribution in [0.4, 0.5) is 0 Å². The van der Waals surface area contributed by atoms with Crippen LogP contribution >= 0.6 is 23.2 Å². The molecule has 1 fully saturated rings. The molecule has 130 valence electrons. The zero-order valence-corrected chi connectivity index (χ0v) is 15.3. The molecule has 1 unspecified atom stereocenters. The maximum atomic E-state index is 11.0. The van der Waals surface area contributed by atoms with E-state index in [-0.39, 0.29) is 5.92 Å². The number of hydrogen-bond donors (Lipinski definition) is 1. The van der Waals surface area contributed by atoms with Gasteiger partial charge in [0.2, 0.25) is 0 Å². The lowest BCUT2D eigenvalue weighted by Gasteiger charge is -2.32. The number of pyridine rings is 1. The van der Waals surface area contributed by atoms with Crippen LogP contribution in [0, 0.1) is 5.92 Å². The molecule has 1 N–H and O–H groups in total. The number of benzene rings is 1. The number of nitrogens with zero attached hydrogens (tertiary/aromatic N) is 2. The predicted molar refractivity (Wildman–Crippen MR) is 101 cm³/mol. The summed E-state index contributed by atoms with van der Waals surface area (Å²) in [6.07, 6.45) is 8.98. The van der Waals surface area contributed by atoms with Gasteiger partial charge in [0.05, 0.1) is 29.2 Å². The Kier molecular flexibility index (Phi) is 4.72. The molecule has 1 saturated carbocycles. The quantitative estimate of drug-likeness (QED) is 0.643. The van der Waals surface area contributed by atoms with Crippen molar-refractivity contribution in [2.24, 2.45) is 5.92 Å². The van der Waals surface area contributed by atoms with Crippen LogP contribution in [-0.4, -0.2) is 14.5 Å². The number of hydrogen-bond acceptors (Lipinski definition) is 2. The van der Waals surface area contributed by atoms with Gasteiger partial charge in [-0.25, -0.2) is 4.98 Å². The van der Waals surface area contributed by atoms with Crippen molar-refractivity contribution >= 4 is 28.7 Å². The van der Waals surface area contributed by atoms with Crippen LogP contribution in [-0.2, 0) is 0 Å². The summed E-state index contributed by atoms with van der Waals surface area (Å²) in [6, 6.07) is 10.0. The third-order valence-electron chi connectivity index (χ3n) is 5.40. The second-order valence-corrected chi connectivity index (χ2v) is 7.78. The summed E-state index contributed by atoms with van der Waals surface area (Å²) >= 11 is 12.2. The van der Waals surface area contributed by atoms with E-state index < -0.39 is 6.10 Å². The highest BCUT2D eigenvalue weighted by molar-refractivity contribution is 6.30. The van der Waals surface area contributed by atoms with Crippen LogP contribution < -0.4 is 0 Å². The molecule has 2 heterocycles. The van der Waals surface area contributed by atoms with E-state index >= 15 is 0 Å². The molecule has 1 aliphatic carbocycles. The van der Waals surface area contributed by atoms with Gasteiger partial charge in [0, 0.05) is 16.8 Å². The first-order valence-electron chi connectivity index (χ1n) is 8.66. The number of aliphatic hydroxyl groups excluding tert-OH is 1. The number of imidazole rings is 1. The molecule has 3 aromatic rings. The summed E-state index contributed by atoms with van der Waals surface area (Å²) in [5.74, 6) is 0.802. The molecule has 0 saturated heterocycles. The van der Waals surface area contributed by atoms with Crippen molar-refractivity contribution in [3.63, 3.8) is 0 Å². The lowest BCUT2D eigenvalue weighted by molar-refractivity contribution is 0.0818. The molecule has 0 aliphatic heterocycles. The van der Waals surface area contributed by atoms with Gasteiger partial charge in [0.15, 0.2) is 0 Å². The molecule has 0 radical (unpaired) electrons. The molecule has 3 nitrogen and oxygen atoms in total. The summed E-state index contributed by atoms with van der Waals surface area (Å²) in [6.45, 7) is 0. The largest absolute Gasteiger partial charge is 0.388 e. The van der Waals surface area contributed by atoms with Gasteiger partial charge in [-0.05, 0) is 61.3 Å². The highest BCUT2D eigenvalue weighted by Gasteiger charge is 2.29. The van der Waals surface area contributed by atoms with E-state index in [0.29, 0.717) is 10.9 Å². The summed E-state index contributed by atoms with van der Waals surface area (Å²) in [7, 11) is 0. The standard InChI is InChI=1S/C20H20Cl2N2O/c21-16-7-5-14(6-8-16)13-1-3-15(4-2-13)20(25)18-9-17(22)11-24-12-23-10-19(18)24/h5-13,15,20,25H,1-4H2. The van der Waals surface area contributed by atoms with E-state index in [0.717, 1.165) is 41.8 Å². The summed E-state index contributed by atoms with van der Waals surface area (Å²) in [5.41, 5.74) is 3.15. The Hall–Kier alpha value is -1.55. The van der Waals surface area contributed by atoms with E-state index in [2.05, 4.69) is 17.1 Å². The molecule has 0 amide bonds.